The molecule has 0 aromatic rings. The van der Waals surface area contributed by atoms with Gasteiger partial charge in [-0.1, -0.05) is 12.1 Å². The summed E-state index contributed by atoms with van der Waals surface area (Å²) in [5.74, 6) is 1.44. The van der Waals surface area contributed by atoms with Gasteiger partial charge >= 0.3 is 0 Å². The van der Waals surface area contributed by atoms with Gasteiger partial charge in [-0.05, 0) is 41.5 Å². The maximum atomic E-state index is 4.43. The van der Waals surface area contributed by atoms with Gasteiger partial charge in [-0.2, -0.15) is 0 Å². The van der Waals surface area contributed by atoms with Crippen molar-refractivity contribution in [3.8, 4) is 11.3 Å². The zero-order valence-corrected chi connectivity index (χ0v) is 9.11. The van der Waals surface area contributed by atoms with Crippen molar-refractivity contribution in [2.24, 2.45) is 0 Å². The molecule has 2 bridgehead atoms. The minimum Gasteiger partial charge on any atom is -0.316 e. The normalized spacial score (nSPS) is 27.0. The lowest BCUT2D eigenvalue weighted by Gasteiger charge is -2.20. The van der Waals surface area contributed by atoms with Crippen molar-refractivity contribution >= 4 is 0 Å². The summed E-state index contributed by atoms with van der Waals surface area (Å²) in [6.45, 7) is 2.28. The number of hydrogen-bond donors (Lipinski definition) is 1. The smallest absolute Gasteiger partial charge is 0.0705 e. The molecule has 0 spiro atoms. The zero-order chi connectivity index (χ0) is 10.5. The van der Waals surface area contributed by atoms with Crippen LogP contribution >= 0.6 is 0 Å². The molecule has 80 valence electrons. The molecule has 2 nitrogen and oxygen atoms in total. The Morgan fingerprint density at radius 3 is 2.88 bits per heavy atom. The Morgan fingerprint density at radius 2 is 1.94 bits per heavy atom. The summed E-state index contributed by atoms with van der Waals surface area (Å²) in [5.41, 5.74) is 5.49. The van der Waals surface area contributed by atoms with Gasteiger partial charge in [0, 0.05) is 24.8 Å². The van der Waals surface area contributed by atoms with E-state index >= 15 is 0 Å². The number of rotatable bonds is 0. The molecule has 2 heteroatoms. The minimum absolute atomic E-state index is 0.709. The van der Waals surface area contributed by atoms with Crippen molar-refractivity contribution in [2.75, 3.05) is 13.1 Å². The van der Waals surface area contributed by atoms with E-state index < -0.39 is 0 Å². The molecule has 0 radical (unpaired) electrons. The minimum atomic E-state index is 0.709. The van der Waals surface area contributed by atoms with E-state index in [1.54, 1.807) is 5.56 Å². The average Bonchev–Trinajstić information content (AvgIpc) is 2.78. The second-order valence-electron chi connectivity index (χ2n) is 4.96. The van der Waals surface area contributed by atoms with Crippen LogP contribution in [0.5, 0.6) is 0 Å². The van der Waals surface area contributed by atoms with Gasteiger partial charge in [0.15, 0.2) is 0 Å². The molecule has 2 unspecified atom stereocenters. The van der Waals surface area contributed by atoms with E-state index in [0.29, 0.717) is 5.92 Å². The SMILES string of the molecule is c1cc2ccc3c(cc-2n1)C1CNCC3C1. The first kappa shape index (κ1) is 8.71. The van der Waals surface area contributed by atoms with Crippen molar-refractivity contribution in [1.82, 2.24) is 10.3 Å². The Kier molecular flexibility index (Phi) is 1.66. The molecule has 4 aliphatic rings. The maximum absolute atomic E-state index is 4.43. The van der Waals surface area contributed by atoms with E-state index in [1.807, 2.05) is 6.20 Å². The van der Waals surface area contributed by atoms with Gasteiger partial charge < -0.3 is 5.32 Å². The van der Waals surface area contributed by atoms with Gasteiger partial charge in [-0.25, -0.2) is 0 Å². The molecule has 1 fully saturated rings. The lowest BCUT2D eigenvalue weighted by Crippen LogP contribution is -2.28. The van der Waals surface area contributed by atoms with E-state index in [2.05, 4.69) is 34.6 Å². The Labute approximate surface area is 95.1 Å². The fourth-order valence-corrected chi connectivity index (χ4v) is 3.27. The first-order valence-electron chi connectivity index (χ1n) is 6.01. The van der Waals surface area contributed by atoms with E-state index in [-0.39, 0.29) is 0 Å². The first-order valence-corrected chi connectivity index (χ1v) is 6.01. The van der Waals surface area contributed by atoms with Crippen molar-refractivity contribution in [3.63, 3.8) is 0 Å². The molecule has 0 aromatic carbocycles. The zero-order valence-electron chi connectivity index (χ0n) is 9.11. The first-order chi connectivity index (χ1) is 7.92. The monoisotopic (exact) mass is 210 g/mol. The standard InChI is InChI=1S/C14H14N2/c1-2-12-10-5-11(8-15-7-10)13(12)6-14-9(1)3-4-16-14/h1-4,6,10-11,15H,5,7-8H2. The Hall–Kier alpha value is -1.41. The van der Waals surface area contributed by atoms with Crippen LogP contribution in [0.4, 0.5) is 0 Å². The van der Waals surface area contributed by atoms with Crippen molar-refractivity contribution < 1.29 is 0 Å². The summed E-state index contributed by atoms with van der Waals surface area (Å²) in [6.07, 6.45) is 3.23. The van der Waals surface area contributed by atoms with Gasteiger partial charge in [0.2, 0.25) is 0 Å². The topological polar surface area (TPSA) is 24.9 Å². The summed E-state index contributed by atoms with van der Waals surface area (Å²) in [6, 6.07) is 8.94. The molecule has 2 heterocycles. The molecule has 0 amide bonds. The third-order valence-electron chi connectivity index (χ3n) is 4.06. The van der Waals surface area contributed by atoms with E-state index in [0.717, 1.165) is 24.7 Å². The Bertz CT molecular complexity index is 520. The van der Waals surface area contributed by atoms with E-state index in [9.17, 15) is 0 Å². The molecular formula is C14H14N2. The highest BCUT2D eigenvalue weighted by molar-refractivity contribution is 5.63. The number of hydrogen-bond acceptors (Lipinski definition) is 2. The number of fused-ring (bicyclic) bond motifs is 6. The van der Waals surface area contributed by atoms with E-state index in [1.165, 1.54) is 17.5 Å². The molecule has 1 N–H and O–H groups in total. The highest BCUT2D eigenvalue weighted by Crippen LogP contribution is 2.44. The van der Waals surface area contributed by atoms with Gasteiger partial charge in [-0.15, -0.1) is 0 Å². The third-order valence-corrected chi connectivity index (χ3v) is 4.06. The van der Waals surface area contributed by atoms with Crippen LogP contribution in [0.25, 0.3) is 11.3 Å². The van der Waals surface area contributed by atoms with Gasteiger partial charge in [-0.3, -0.25) is 4.98 Å². The van der Waals surface area contributed by atoms with Crippen molar-refractivity contribution in [1.29, 1.82) is 0 Å². The lowest BCUT2D eigenvalue weighted by molar-refractivity contribution is 0.453. The van der Waals surface area contributed by atoms with Gasteiger partial charge in [0.25, 0.3) is 0 Å². The third kappa shape index (κ3) is 1.08. The summed E-state index contributed by atoms with van der Waals surface area (Å²) in [7, 11) is 0. The molecule has 1 saturated heterocycles. The van der Waals surface area contributed by atoms with Crippen LogP contribution in [-0.4, -0.2) is 18.1 Å². The fraction of sp³-hybridized carbons (Fsp3) is 0.357. The fourth-order valence-electron chi connectivity index (χ4n) is 3.27. The quantitative estimate of drug-likeness (QED) is 0.722. The number of piperidine rings is 1. The summed E-state index contributed by atoms with van der Waals surface area (Å²) in [4.78, 5) is 4.43. The van der Waals surface area contributed by atoms with Crippen LogP contribution in [0.15, 0.2) is 30.5 Å². The molecule has 2 aliphatic carbocycles. The van der Waals surface area contributed by atoms with E-state index in [4.69, 9.17) is 0 Å². The van der Waals surface area contributed by atoms with Gasteiger partial charge in [0.05, 0.1) is 5.69 Å². The molecule has 16 heavy (non-hydrogen) atoms. The highest BCUT2D eigenvalue weighted by atomic mass is 14.9. The average molecular weight is 210 g/mol. The number of aromatic nitrogens is 1. The van der Waals surface area contributed by atoms with Crippen LogP contribution in [0, 0.1) is 0 Å². The van der Waals surface area contributed by atoms with Crippen LogP contribution in [0.2, 0.25) is 0 Å². The number of nitrogens with zero attached hydrogens (tertiary/aromatic N) is 1. The molecule has 2 atom stereocenters. The second-order valence-corrected chi connectivity index (χ2v) is 4.96. The molecular weight excluding hydrogens is 196 g/mol. The molecule has 2 aliphatic heterocycles. The molecule has 0 aromatic heterocycles. The predicted octanol–water partition coefficient (Wildman–Crippen LogP) is 2.36. The Balaban J connectivity index is 1.99. The van der Waals surface area contributed by atoms with Crippen molar-refractivity contribution in [3.05, 3.63) is 41.6 Å². The van der Waals surface area contributed by atoms with Crippen LogP contribution < -0.4 is 5.32 Å². The Morgan fingerprint density at radius 1 is 1.06 bits per heavy atom. The molecule has 4 rings (SSSR count). The summed E-state index contributed by atoms with van der Waals surface area (Å²) in [5, 5.41) is 3.53. The van der Waals surface area contributed by atoms with Crippen LogP contribution in [0.1, 0.15) is 29.4 Å². The lowest BCUT2D eigenvalue weighted by atomic mass is 9.97. The van der Waals surface area contributed by atoms with Crippen molar-refractivity contribution in [2.45, 2.75) is 18.3 Å². The van der Waals surface area contributed by atoms with Gasteiger partial charge in [0.1, 0.15) is 0 Å². The molecule has 0 saturated carbocycles. The maximum Gasteiger partial charge on any atom is 0.0705 e. The largest absolute Gasteiger partial charge is 0.316 e. The summed E-state index contributed by atoms with van der Waals surface area (Å²) >= 11 is 0. The van der Waals surface area contributed by atoms with Crippen LogP contribution in [-0.2, 0) is 0 Å². The van der Waals surface area contributed by atoms with Crippen LogP contribution in [0.3, 0.4) is 0 Å². The summed E-state index contributed by atoms with van der Waals surface area (Å²) < 4.78 is 0. The second kappa shape index (κ2) is 3.05. The highest BCUT2D eigenvalue weighted by Gasteiger charge is 2.33. The number of nitrogens with one attached hydrogen (secondary N) is 1. The predicted molar refractivity (Wildman–Crippen MR) is 63.8 cm³/mol.